The van der Waals surface area contributed by atoms with Crippen LogP contribution >= 0.6 is 21.6 Å². The van der Waals surface area contributed by atoms with Gasteiger partial charge in [0.25, 0.3) is 5.09 Å². The van der Waals surface area contributed by atoms with Crippen LogP contribution in [0.15, 0.2) is 0 Å². The van der Waals surface area contributed by atoms with Crippen LogP contribution in [0.3, 0.4) is 0 Å². The number of nitrogens with zero attached hydrogens (tertiary/aromatic N) is 1. The zero-order valence-corrected chi connectivity index (χ0v) is 7.53. The summed E-state index contributed by atoms with van der Waals surface area (Å²) in [6.07, 6.45) is 0. The topological polar surface area (TPSA) is 78.4 Å². The van der Waals surface area contributed by atoms with Gasteiger partial charge in [-0.05, 0) is 0 Å². The van der Waals surface area contributed by atoms with Crippen molar-refractivity contribution >= 4 is 21.6 Å². The Morgan fingerprint density at radius 2 is 2.09 bits per heavy atom. The zero-order chi connectivity index (χ0) is 8.53. The quantitative estimate of drug-likeness (QED) is 0.278. The van der Waals surface area contributed by atoms with Crippen molar-refractivity contribution in [1.82, 2.24) is 0 Å². The van der Waals surface area contributed by atoms with Gasteiger partial charge < -0.3 is 10.6 Å². The molecule has 0 aliphatic rings. The lowest BCUT2D eigenvalue weighted by molar-refractivity contribution is -0.756. The van der Waals surface area contributed by atoms with E-state index in [1.54, 1.807) is 10.8 Å². The van der Waals surface area contributed by atoms with E-state index in [1.165, 1.54) is 10.8 Å². The van der Waals surface area contributed by atoms with Crippen LogP contribution in [0, 0.1) is 10.1 Å². The molecule has 0 spiro atoms. The average molecular weight is 198 g/mol. The van der Waals surface area contributed by atoms with Gasteiger partial charge in [-0.3, -0.25) is 0 Å². The Balaban J connectivity index is 2.85. The molecule has 0 aliphatic carbocycles. The standard InChI is InChI=1S/C4H10N2O3S2/c5-1-3-10-11-4-2-9-6(7)8/h1-5H2. The SMILES string of the molecule is NCCSSCCO[N+](=O)[O-]. The van der Waals surface area contributed by atoms with E-state index < -0.39 is 5.09 Å². The van der Waals surface area contributed by atoms with Crippen molar-refractivity contribution < 1.29 is 9.92 Å². The number of rotatable bonds is 7. The molecule has 7 heteroatoms. The van der Waals surface area contributed by atoms with Crippen LogP contribution in [0.1, 0.15) is 0 Å². The first kappa shape index (κ1) is 10.9. The van der Waals surface area contributed by atoms with Crippen molar-refractivity contribution in [2.45, 2.75) is 0 Å². The van der Waals surface area contributed by atoms with Crippen LogP contribution in [0.4, 0.5) is 0 Å². The van der Waals surface area contributed by atoms with E-state index >= 15 is 0 Å². The summed E-state index contributed by atoms with van der Waals surface area (Å²) in [7, 11) is 3.12. The molecule has 0 heterocycles. The molecule has 0 aromatic rings. The highest BCUT2D eigenvalue weighted by atomic mass is 33.1. The fourth-order valence-electron chi connectivity index (χ4n) is 0.312. The van der Waals surface area contributed by atoms with Crippen molar-refractivity contribution in [2.24, 2.45) is 5.73 Å². The molecule has 0 fully saturated rings. The lowest BCUT2D eigenvalue weighted by atomic mass is 10.8. The Morgan fingerprint density at radius 1 is 1.45 bits per heavy atom. The minimum atomic E-state index is -0.784. The maximum atomic E-state index is 9.64. The van der Waals surface area contributed by atoms with Gasteiger partial charge in [-0.2, -0.15) is 0 Å². The number of hydrogen-bond acceptors (Lipinski definition) is 6. The summed E-state index contributed by atoms with van der Waals surface area (Å²) in [6, 6.07) is 0. The number of nitrogens with two attached hydrogens (primary N) is 1. The molecule has 0 radical (unpaired) electrons. The predicted molar refractivity (Wildman–Crippen MR) is 46.9 cm³/mol. The molecule has 0 rings (SSSR count). The summed E-state index contributed by atoms with van der Waals surface area (Å²) >= 11 is 0. The predicted octanol–water partition coefficient (Wildman–Crippen LogP) is 0.535. The maximum absolute atomic E-state index is 9.64. The molecular weight excluding hydrogens is 188 g/mol. The summed E-state index contributed by atoms with van der Waals surface area (Å²) in [5.74, 6) is 1.48. The second-order valence-electron chi connectivity index (χ2n) is 1.49. The smallest absolute Gasteiger partial charge is 0.294 e. The Hall–Kier alpha value is -0.140. The third-order valence-corrected chi connectivity index (χ3v) is 3.05. The van der Waals surface area contributed by atoms with Gasteiger partial charge in [0.2, 0.25) is 0 Å². The molecule has 0 saturated heterocycles. The van der Waals surface area contributed by atoms with Crippen molar-refractivity contribution in [2.75, 3.05) is 24.7 Å². The summed E-state index contributed by atoms with van der Waals surface area (Å²) in [4.78, 5) is 13.7. The molecule has 0 aromatic carbocycles. The minimum absolute atomic E-state index is 0.148. The van der Waals surface area contributed by atoms with Crippen LogP contribution < -0.4 is 5.73 Å². The highest BCUT2D eigenvalue weighted by Crippen LogP contribution is 2.19. The van der Waals surface area contributed by atoms with Gasteiger partial charge in [-0.1, -0.05) is 21.6 Å². The molecule has 0 unspecified atom stereocenters. The van der Waals surface area contributed by atoms with Crippen LogP contribution in [0.5, 0.6) is 0 Å². The van der Waals surface area contributed by atoms with Gasteiger partial charge in [0.1, 0.15) is 6.61 Å². The number of hydrogen-bond donors (Lipinski definition) is 1. The molecule has 0 aromatic heterocycles. The summed E-state index contributed by atoms with van der Waals surface area (Å²) in [5, 5.41) is 8.85. The van der Waals surface area contributed by atoms with Crippen molar-refractivity contribution in [3.8, 4) is 0 Å². The Morgan fingerprint density at radius 3 is 2.64 bits per heavy atom. The van der Waals surface area contributed by atoms with Gasteiger partial charge in [-0.15, -0.1) is 10.1 Å². The molecule has 5 nitrogen and oxygen atoms in total. The third-order valence-electron chi connectivity index (χ3n) is 0.648. The fraction of sp³-hybridized carbons (Fsp3) is 1.00. The summed E-state index contributed by atoms with van der Waals surface area (Å²) in [6.45, 7) is 0.781. The monoisotopic (exact) mass is 198 g/mol. The molecule has 0 atom stereocenters. The van der Waals surface area contributed by atoms with Crippen LogP contribution in [0.25, 0.3) is 0 Å². The third kappa shape index (κ3) is 9.86. The summed E-state index contributed by atoms with van der Waals surface area (Å²) < 4.78 is 0. The minimum Gasteiger partial charge on any atom is -0.330 e. The molecular formula is C4H10N2O3S2. The van der Waals surface area contributed by atoms with Crippen molar-refractivity contribution in [3.05, 3.63) is 10.1 Å². The van der Waals surface area contributed by atoms with Crippen LogP contribution in [-0.4, -0.2) is 29.7 Å². The lowest BCUT2D eigenvalue weighted by Gasteiger charge is -1.97. The van der Waals surface area contributed by atoms with Gasteiger partial charge >= 0.3 is 0 Å². The molecule has 66 valence electrons. The lowest BCUT2D eigenvalue weighted by Crippen LogP contribution is -2.04. The molecule has 0 saturated carbocycles. The first-order valence-electron chi connectivity index (χ1n) is 2.99. The Bertz CT molecular complexity index is 114. The molecule has 0 amide bonds. The maximum Gasteiger partial charge on any atom is 0.294 e. The summed E-state index contributed by atoms with van der Waals surface area (Å²) in [5.41, 5.74) is 5.22. The van der Waals surface area contributed by atoms with E-state index in [0.29, 0.717) is 12.3 Å². The van der Waals surface area contributed by atoms with Crippen molar-refractivity contribution in [1.29, 1.82) is 0 Å². The largest absolute Gasteiger partial charge is 0.330 e. The molecule has 0 aliphatic heterocycles. The van der Waals surface area contributed by atoms with E-state index in [1.807, 2.05) is 0 Å². The van der Waals surface area contributed by atoms with Gasteiger partial charge in [0.15, 0.2) is 0 Å². The average Bonchev–Trinajstić information content (AvgIpc) is 1.96. The van der Waals surface area contributed by atoms with E-state index in [9.17, 15) is 10.1 Å². The second-order valence-corrected chi connectivity index (χ2v) is 4.19. The first-order valence-corrected chi connectivity index (χ1v) is 5.48. The van der Waals surface area contributed by atoms with E-state index in [4.69, 9.17) is 5.73 Å². The zero-order valence-electron chi connectivity index (χ0n) is 5.89. The van der Waals surface area contributed by atoms with E-state index in [0.717, 1.165) is 5.75 Å². The highest BCUT2D eigenvalue weighted by molar-refractivity contribution is 8.76. The van der Waals surface area contributed by atoms with Crippen molar-refractivity contribution in [3.63, 3.8) is 0 Å². The first-order chi connectivity index (χ1) is 5.27. The van der Waals surface area contributed by atoms with Gasteiger partial charge in [0.05, 0.1) is 0 Å². The molecule has 0 bridgehead atoms. The van der Waals surface area contributed by atoms with Gasteiger partial charge in [0, 0.05) is 18.1 Å². The second kappa shape index (κ2) is 7.96. The van der Waals surface area contributed by atoms with E-state index in [-0.39, 0.29) is 6.61 Å². The van der Waals surface area contributed by atoms with Crippen LogP contribution in [0.2, 0.25) is 0 Å². The van der Waals surface area contributed by atoms with Gasteiger partial charge in [-0.25, -0.2) is 0 Å². The van der Waals surface area contributed by atoms with Crippen LogP contribution in [-0.2, 0) is 4.84 Å². The molecule has 2 N–H and O–H groups in total. The normalized spacial score (nSPS) is 9.55. The van der Waals surface area contributed by atoms with E-state index in [2.05, 4.69) is 4.84 Å². The highest BCUT2D eigenvalue weighted by Gasteiger charge is 1.94. The fourth-order valence-corrected chi connectivity index (χ4v) is 1.99. The Kier molecular flexibility index (Phi) is 7.86. The molecule has 11 heavy (non-hydrogen) atoms. The Labute approximate surface area is 72.5 Å².